The van der Waals surface area contributed by atoms with Gasteiger partial charge in [-0.1, -0.05) is 0 Å². The number of aliphatic carboxylic acids is 2. The number of aliphatic hydroxyl groups excluding tert-OH is 1. The zero-order valence-corrected chi connectivity index (χ0v) is 6.38. The van der Waals surface area contributed by atoms with Crippen molar-refractivity contribution >= 4 is 11.9 Å². The molecule has 0 radical (unpaired) electrons. The van der Waals surface area contributed by atoms with Crippen LogP contribution in [0.2, 0.25) is 0 Å². The second kappa shape index (κ2) is 8.83. The van der Waals surface area contributed by atoms with Crippen molar-refractivity contribution in [2.24, 2.45) is 5.90 Å². The van der Waals surface area contributed by atoms with Gasteiger partial charge in [0.25, 0.3) is 6.29 Å². The van der Waals surface area contributed by atoms with Crippen LogP contribution in [0.5, 0.6) is 0 Å². The summed E-state index contributed by atoms with van der Waals surface area (Å²) in [4.78, 5) is 22.3. The fourth-order valence-electron chi connectivity index (χ4n) is 0.126. The minimum absolute atomic E-state index is 0.403. The maximum atomic E-state index is 9.48. The molecule has 78 valence electrons. The number of hydrogen-bond donors (Lipinski definition) is 6. The summed E-state index contributed by atoms with van der Waals surface area (Å²) >= 11 is 0. The molecule has 0 aliphatic heterocycles. The fraction of sp³-hybridized carbons (Fsp3) is 0.500. The van der Waals surface area contributed by atoms with Crippen LogP contribution in [-0.4, -0.2) is 45.3 Å². The highest BCUT2D eigenvalue weighted by Gasteiger charge is 2.09. The van der Waals surface area contributed by atoms with Crippen molar-refractivity contribution in [2.45, 2.75) is 6.29 Å². The Bertz CT molecular complexity index is 161. The van der Waals surface area contributed by atoms with E-state index in [2.05, 4.69) is 10.7 Å². The number of carboxylic acids is 2. The summed E-state index contributed by atoms with van der Waals surface area (Å²) in [5, 5.41) is 31.0. The van der Waals surface area contributed by atoms with Crippen LogP contribution in [0.4, 0.5) is 0 Å². The molecule has 1 atom stereocenters. The molecule has 0 amide bonds. The van der Waals surface area contributed by atoms with Gasteiger partial charge in [0.2, 0.25) is 0 Å². The summed E-state index contributed by atoms with van der Waals surface area (Å²) in [6, 6.07) is 0. The predicted molar refractivity (Wildman–Crippen MR) is 36.3 cm³/mol. The maximum Gasteiger partial charge on any atom is 0.362 e. The van der Waals surface area contributed by atoms with Gasteiger partial charge in [0.15, 0.2) is 0 Å². The standard InChI is InChI=1S/C2H5NO4.C2H5NO3/c3-7-2(6)1(4)5;4-2(5)1-3-6/h2,6H,3H2,(H,4,5);3,6H,1H2,(H,4,5). The minimum atomic E-state index is -1.90. The second-order valence-electron chi connectivity index (χ2n) is 1.56. The summed E-state index contributed by atoms with van der Waals surface area (Å²) in [6.45, 7) is -0.403. The van der Waals surface area contributed by atoms with Crippen LogP contribution >= 0.6 is 0 Å². The molecule has 0 rings (SSSR count). The van der Waals surface area contributed by atoms with Crippen LogP contribution in [0.25, 0.3) is 0 Å². The third kappa shape index (κ3) is 13.7. The molecule has 0 aromatic rings. The predicted octanol–water partition coefficient (Wildman–Crippen LogP) is -2.67. The van der Waals surface area contributed by atoms with Crippen molar-refractivity contribution in [1.82, 2.24) is 5.48 Å². The van der Waals surface area contributed by atoms with E-state index in [9.17, 15) is 9.59 Å². The zero-order valence-electron chi connectivity index (χ0n) is 6.38. The van der Waals surface area contributed by atoms with Crippen molar-refractivity contribution < 1.29 is 35.0 Å². The average molecular weight is 198 g/mol. The third-order valence-electron chi connectivity index (χ3n) is 0.570. The molecule has 0 aliphatic carbocycles. The lowest BCUT2D eigenvalue weighted by Crippen LogP contribution is -2.25. The highest BCUT2D eigenvalue weighted by molar-refractivity contribution is 5.70. The number of rotatable bonds is 4. The van der Waals surface area contributed by atoms with E-state index < -0.39 is 24.8 Å². The first kappa shape index (κ1) is 14.3. The Morgan fingerprint density at radius 3 is 1.92 bits per heavy atom. The SMILES string of the molecule is NOC(O)C(=O)O.O=C(O)CNO. The minimum Gasteiger partial charge on any atom is -0.480 e. The Hall–Kier alpha value is -1.26. The molecule has 0 spiro atoms. The van der Waals surface area contributed by atoms with Gasteiger partial charge in [-0.15, -0.1) is 0 Å². The highest BCUT2D eigenvalue weighted by atomic mass is 16.7. The Morgan fingerprint density at radius 1 is 1.46 bits per heavy atom. The van der Waals surface area contributed by atoms with Gasteiger partial charge < -0.3 is 20.5 Å². The lowest BCUT2D eigenvalue weighted by molar-refractivity contribution is -0.177. The highest BCUT2D eigenvalue weighted by Crippen LogP contribution is 1.76. The first-order valence-electron chi connectivity index (χ1n) is 2.80. The summed E-state index contributed by atoms with van der Waals surface area (Å²) in [5.41, 5.74) is 1.47. The number of nitrogens with one attached hydrogen (secondary N) is 1. The molecule has 0 saturated heterocycles. The molecule has 9 heteroatoms. The number of carboxylic acid groups (broad SMARTS) is 2. The van der Waals surface area contributed by atoms with Gasteiger partial charge in [0.1, 0.15) is 6.54 Å². The molecule has 0 heterocycles. The Balaban J connectivity index is 0. The van der Waals surface area contributed by atoms with E-state index in [-0.39, 0.29) is 0 Å². The molecule has 0 fully saturated rings. The molecule has 0 aliphatic rings. The molecule has 1 unspecified atom stereocenters. The molecular weight excluding hydrogens is 188 g/mol. The van der Waals surface area contributed by atoms with Crippen molar-refractivity contribution in [3.63, 3.8) is 0 Å². The molecule has 0 saturated carbocycles. The van der Waals surface area contributed by atoms with E-state index in [1.54, 1.807) is 0 Å². The molecule has 13 heavy (non-hydrogen) atoms. The largest absolute Gasteiger partial charge is 0.480 e. The van der Waals surface area contributed by atoms with Gasteiger partial charge in [0, 0.05) is 0 Å². The summed E-state index contributed by atoms with van der Waals surface area (Å²) in [5.74, 6) is 1.67. The van der Waals surface area contributed by atoms with Crippen molar-refractivity contribution in [1.29, 1.82) is 0 Å². The van der Waals surface area contributed by atoms with Gasteiger partial charge >= 0.3 is 11.9 Å². The molecular formula is C4H10N2O7. The lowest BCUT2D eigenvalue weighted by Gasteiger charge is -1.96. The number of hydroxylamine groups is 1. The summed E-state index contributed by atoms with van der Waals surface area (Å²) in [6.07, 6.45) is -1.90. The molecule has 0 bridgehead atoms. The number of hydrogen-bond acceptors (Lipinski definition) is 7. The Morgan fingerprint density at radius 2 is 1.92 bits per heavy atom. The monoisotopic (exact) mass is 198 g/mol. The van der Waals surface area contributed by atoms with Gasteiger partial charge in [0.05, 0.1) is 0 Å². The van der Waals surface area contributed by atoms with E-state index in [1.165, 1.54) is 5.48 Å². The molecule has 7 N–H and O–H groups in total. The van der Waals surface area contributed by atoms with Gasteiger partial charge in [-0.3, -0.25) is 9.63 Å². The van der Waals surface area contributed by atoms with E-state index in [4.69, 9.17) is 20.5 Å². The first-order chi connectivity index (χ1) is 5.95. The smallest absolute Gasteiger partial charge is 0.362 e. The topological polar surface area (TPSA) is 162 Å². The van der Waals surface area contributed by atoms with Crippen LogP contribution in [0.1, 0.15) is 0 Å². The van der Waals surface area contributed by atoms with Crippen molar-refractivity contribution in [3.05, 3.63) is 0 Å². The van der Waals surface area contributed by atoms with Crippen LogP contribution in [0.15, 0.2) is 0 Å². The van der Waals surface area contributed by atoms with Crippen molar-refractivity contribution in [2.75, 3.05) is 6.54 Å². The van der Waals surface area contributed by atoms with Crippen molar-refractivity contribution in [3.8, 4) is 0 Å². The quantitative estimate of drug-likeness (QED) is 0.209. The number of aliphatic hydroxyl groups is 1. The lowest BCUT2D eigenvalue weighted by atomic mass is 10.7. The Labute approximate surface area is 72.3 Å². The molecule has 0 aromatic carbocycles. The number of carbonyl (C=O) groups is 2. The molecule has 9 nitrogen and oxygen atoms in total. The van der Waals surface area contributed by atoms with Gasteiger partial charge in [-0.2, -0.15) is 5.48 Å². The van der Waals surface area contributed by atoms with Gasteiger partial charge in [-0.25, -0.2) is 10.7 Å². The van der Waals surface area contributed by atoms with Crippen LogP contribution in [0, 0.1) is 0 Å². The van der Waals surface area contributed by atoms with E-state index in [1.807, 2.05) is 0 Å². The van der Waals surface area contributed by atoms with E-state index in [0.717, 1.165) is 0 Å². The normalized spacial score (nSPS) is 11.0. The van der Waals surface area contributed by atoms with E-state index >= 15 is 0 Å². The average Bonchev–Trinajstić information content (AvgIpc) is 2.03. The zero-order chi connectivity index (χ0) is 10.9. The summed E-state index contributed by atoms with van der Waals surface area (Å²) in [7, 11) is 0. The molecule has 0 aromatic heterocycles. The third-order valence-corrected chi connectivity index (χ3v) is 0.570. The Kier molecular flexibility index (Phi) is 9.70. The summed E-state index contributed by atoms with van der Waals surface area (Å²) < 4.78 is 0. The van der Waals surface area contributed by atoms with Crippen LogP contribution in [0.3, 0.4) is 0 Å². The first-order valence-corrected chi connectivity index (χ1v) is 2.80. The van der Waals surface area contributed by atoms with Gasteiger partial charge in [-0.05, 0) is 0 Å². The van der Waals surface area contributed by atoms with Crippen LogP contribution in [-0.2, 0) is 14.4 Å². The number of nitrogens with two attached hydrogens (primary N) is 1. The fourth-order valence-corrected chi connectivity index (χ4v) is 0.126. The van der Waals surface area contributed by atoms with Crippen LogP contribution < -0.4 is 11.4 Å². The maximum absolute atomic E-state index is 9.48. The second-order valence-corrected chi connectivity index (χ2v) is 1.56. The van der Waals surface area contributed by atoms with E-state index in [0.29, 0.717) is 0 Å².